The molecule has 0 aliphatic heterocycles. The smallest absolute Gasteiger partial charge is 0.374 e. The Morgan fingerprint density at radius 2 is 2.07 bits per heavy atom. The maximum absolute atomic E-state index is 11.1. The fourth-order valence-electron chi connectivity index (χ4n) is 0.784. The minimum atomic E-state index is -0.771. The van der Waals surface area contributed by atoms with Gasteiger partial charge in [0.05, 0.1) is 7.11 Å². The van der Waals surface area contributed by atoms with Crippen LogP contribution in [0.2, 0.25) is 0 Å². The molecule has 0 saturated carbocycles. The van der Waals surface area contributed by atoms with Crippen LogP contribution in [0.1, 0.15) is 13.3 Å². The summed E-state index contributed by atoms with van der Waals surface area (Å²) in [5.74, 6) is -0.687. The van der Waals surface area contributed by atoms with Crippen LogP contribution in [0.4, 0.5) is 0 Å². The van der Waals surface area contributed by atoms with E-state index in [0.29, 0.717) is 12.4 Å². The van der Waals surface area contributed by atoms with Crippen LogP contribution in [-0.2, 0) is 19.1 Å². The number of Topliss-reactive ketones (excluding diaryl/α,β-unsaturated/α-hetero) is 1. The van der Waals surface area contributed by atoms with Gasteiger partial charge in [0.25, 0.3) is 0 Å². The van der Waals surface area contributed by atoms with E-state index >= 15 is 0 Å². The van der Waals surface area contributed by atoms with E-state index in [2.05, 4.69) is 4.74 Å². The predicted molar refractivity (Wildman–Crippen MR) is 63.0 cm³/mol. The Morgan fingerprint density at radius 3 is 2.53 bits per heavy atom. The summed E-state index contributed by atoms with van der Waals surface area (Å²) in [7, 11) is 1.21. The average molecular weight is 252 g/mol. The molecule has 0 aliphatic carbocycles. The summed E-state index contributed by atoms with van der Waals surface area (Å²) < 4.78 is 9.70. The number of carbonyl (C=O) groups is 2. The zero-order valence-electron chi connectivity index (χ0n) is 9.15. The molecule has 0 aromatic rings. The number of ketones is 1. The van der Waals surface area contributed by atoms with Crippen molar-refractivity contribution in [2.75, 3.05) is 25.7 Å². The molecule has 6 heteroatoms. The van der Waals surface area contributed by atoms with Gasteiger partial charge < -0.3 is 9.47 Å². The van der Waals surface area contributed by atoms with Crippen LogP contribution in [0.15, 0.2) is 0 Å². The number of rotatable bonds is 8. The molecule has 1 atom stereocenters. The molecule has 0 spiro atoms. The second-order valence-corrected chi connectivity index (χ2v) is 4.88. The zero-order valence-corrected chi connectivity index (χ0v) is 10.8. The van der Waals surface area contributed by atoms with E-state index in [4.69, 9.17) is 4.74 Å². The van der Waals surface area contributed by atoms with Gasteiger partial charge in [-0.05, 0) is 13.2 Å². The monoisotopic (exact) mass is 252 g/mol. The molecule has 0 N–H and O–H groups in total. The van der Waals surface area contributed by atoms with Crippen LogP contribution >= 0.6 is 23.5 Å². The predicted octanol–water partition coefficient (Wildman–Crippen LogP) is 1.53. The molecule has 15 heavy (non-hydrogen) atoms. The number of hydrogen-bond acceptors (Lipinski definition) is 6. The highest BCUT2D eigenvalue weighted by Crippen LogP contribution is 2.23. The first-order valence-corrected chi connectivity index (χ1v) is 6.86. The van der Waals surface area contributed by atoms with Gasteiger partial charge in [-0.25, -0.2) is 4.79 Å². The molecule has 0 aliphatic rings. The molecule has 4 nitrogen and oxygen atoms in total. The number of methoxy groups -OCH3 is 1. The van der Waals surface area contributed by atoms with Gasteiger partial charge in [0, 0.05) is 18.8 Å². The lowest BCUT2D eigenvalue weighted by Crippen LogP contribution is -2.16. The second kappa shape index (κ2) is 9.06. The van der Waals surface area contributed by atoms with Gasteiger partial charge >= 0.3 is 5.97 Å². The SMILES string of the molecule is CCOC(SC)SCCC(=O)C(=O)OC. The van der Waals surface area contributed by atoms with Crippen molar-refractivity contribution in [2.24, 2.45) is 0 Å². The van der Waals surface area contributed by atoms with Crippen LogP contribution in [0, 0.1) is 0 Å². The first-order valence-electron chi connectivity index (χ1n) is 4.52. The van der Waals surface area contributed by atoms with Gasteiger partial charge in [0.1, 0.15) is 4.77 Å². The van der Waals surface area contributed by atoms with E-state index in [0.717, 1.165) is 0 Å². The Labute approximate surface area is 98.5 Å². The number of carbonyl (C=O) groups excluding carboxylic acids is 2. The summed E-state index contributed by atoms with van der Waals surface area (Å²) >= 11 is 3.09. The molecule has 0 fully saturated rings. The van der Waals surface area contributed by atoms with E-state index in [1.165, 1.54) is 18.9 Å². The van der Waals surface area contributed by atoms with Crippen molar-refractivity contribution in [3.8, 4) is 0 Å². The molecule has 0 aromatic heterocycles. The number of thioether (sulfide) groups is 2. The van der Waals surface area contributed by atoms with Crippen molar-refractivity contribution in [1.29, 1.82) is 0 Å². The maximum Gasteiger partial charge on any atom is 0.374 e. The lowest BCUT2D eigenvalue weighted by Gasteiger charge is -2.12. The topological polar surface area (TPSA) is 52.6 Å². The first-order chi connectivity index (χ1) is 7.15. The summed E-state index contributed by atoms with van der Waals surface area (Å²) in [6, 6.07) is 0. The van der Waals surface area contributed by atoms with Crippen LogP contribution in [0.3, 0.4) is 0 Å². The van der Waals surface area contributed by atoms with E-state index in [9.17, 15) is 9.59 Å². The Balaban J connectivity index is 3.67. The highest BCUT2D eigenvalue weighted by atomic mass is 32.2. The lowest BCUT2D eigenvalue weighted by atomic mass is 10.3. The molecule has 0 heterocycles. The van der Waals surface area contributed by atoms with Gasteiger partial charge in [-0.15, -0.1) is 23.5 Å². The van der Waals surface area contributed by atoms with Crippen molar-refractivity contribution >= 4 is 35.3 Å². The largest absolute Gasteiger partial charge is 0.463 e. The minimum Gasteiger partial charge on any atom is -0.463 e. The molecule has 0 rings (SSSR count). The van der Waals surface area contributed by atoms with Crippen molar-refractivity contribution in [3.63, 3.8) is 0 Å². The third-order valence-electron chi connectivity index (χ3n) is 1.49. The van der Waals surface area contributed by atoms with Crippen molar-refractivity contribution < 1.29 is 19.1 Å². The number of ether oxygens (including phenoxy) is 2. The van der Waals surface area contributed by atoms with E-state index in [1.54, 1.807) is 11.8 Å². The van der Waals surface area contributed by atoms with Crippen molar-refractivity contribution in [1.82, 2.24) is 0 Å². The van der Waals surface area contributed by atoms with Crippen LogP contribution in [-0.4, -0.2) is 42.2 Å². The van der Waals surface area contributed by atoms with Gasteiger partial charge in [-0.1, -0.05) is 0 Å². The van der Waals surface area contributed by atoms with Gasteiger partial charge in [0.15, 0.2) is 0 Å². The number of esters is 1. The maximum atomic E-state index is 11.1. The van der Waals surface area contributed by atoms with E-state index in [-0.39, 0.29) is 11.2 Å². The molecule has 1 unspecified atom stereocenters. The standard InChI is InChI=1S/C9H16O4S2/c1-4-13-9(14-3)15-6-5-7(10)8(11)12-2/h9H,4-6H2,1-3H3. The minimum absolute atomic E-state index is 0.0282. The Hall–Kier alpha value is -0.200. The molecule has 0 bridgehead atoms. The molecular weight excluding hydrogens is 236 g/mol. The average Bonchev–Trinajstić information content (AvgIpc) is 2.26. The Bertz CT molecular complexity index is 208. The highest BCUT2D eigenvalue weighted by molar-refractivity contribution is 8.16. The molecule has 0 saturated heterocycles. The van der Waals surface area contributed by atoms with Crippen LogP contribution in [0.25, 0.3) is 0 Å². The van der Waals surface area contributed by atoms with Crippen molar-refractivity contribution in [3.05, 3.63) is 0 Å². The normalized spacial score (nSPS) is 12.2. The van der Waals surface area contributed by atoms with E-state index in [1.807, 2.05) is 13.2 Å². The molecule has 0 aromatic carbocycles. The first kappa shape index (κ1) is 14.8. The third kappa shape index (κ3) is 6.81. The van der Waals surface area contributed by atoms with Gasteiger partial charge in [-0.2, -0.15) is 0 Å². The fourth-order valence-corrected chi connectivity index (χ4v) is 2.62. The van der Waals surface area contributed by atoms with Gasteiger partial charge in [-0.3, -0.25) is 4.79 Å². The summed E-state index contributed by atoms with van der Waals surface area (Å²) in [6.07, 6.45) is 2.14. The van der Waals surface area contributed by atoms with Crippen LogP contribution < -0.4 is 0 Å². The quantitative estimate of drug-likeness (QED) is 0.371. The highest BCUT2D eigenvalue weighted by Gasteiger charge is 2.14. The Kier molecular flexibility index (Phi) is 8.94. The third-order valence-corrected chi connectivity index (χ3v) is 3.85. The summed E-state index contributed by atoms with van der Waals surface area (Å²) in [5, 5.41) is 0. The Morgan fingerprint density at radius 1 is 1.40 bits per heavy atom. The molecule has 0 amide bonds. The lowest BCUT2D eigenvalue weighted by molar-refractivity contribution is -0.151. The molecule has 0 radical (unpaired) electrons. The fraction of sp³-hybridized carbons (Fsp3) is 0.778. The summed E-state index contributed by atoms with van der Waals surface area (Å²) in [4.78, 5) is 21.8. The summed E-state index contributed by atoms with van der Waals surface area (Å²) in [6.45, 7) is 2.56. The second-order valence-electron chi connectivity index (χ2n) is 2.52. The van der Waals surface area contributed by atoms with E-state index < -0.39 is 11.8 Å². The molecular formula is C9H16O4S2. The number of hydrogen-bond donors (Lipinski definition) is 0. The molecule has 88 valence electrons. The summed E-state index contributed by atoms with van der Waals surface area (Å²) in [5.41, 5.74) is 0. The van der Waals surface area contributed by atoms with Gasteiger partial charge in [0.2, 0.25) is 5.78 Å². The zero-order chi connectivity index (χ0) is 11.7. The van der Waals surface area contributed by atoms with Crippen LogP contribution in [0.5, 0.6) is 0 Å². The van der Waals surface area contributed by atoms with Crippen molar-refractivity contribution in [2.45, 2.75) is 18.1 Å².